The monoisotopic (exact) mass is 349 g/mol. The van der Waals surface area contributed by atoms with E-state index in [1.54, 1.807) is 16.4 Å². The lowest BCUT2D eigenvalue weighted by molar-refractivity contribution is -0.555. The third kappa shape index (κ3) is 2.23. The van der Waals surface area contributed by atoms with Crippen LogP contribution in [0.3, 0.4) is 0 Å². The van der Waals surface area contributed by atoms with Crippen molar-refractivity contribution in [2.75, 3.05) is 17.7 Å². The minimum atomic E-state index is -1.31. The fourth-order valence-electron chi connectivity index (χ4n) is 4.24. The number of aromatic nitrogens is 2. The summed E-state index contributed by atoms with van der Waals surface area (Å²) in [6.45, 7) is 0.649. The maximum absolute atomic E-state index is 13.3. The molecular weight excluding hydrogens is 328 g/mol. The van der Waals surface area contributed by atoms with Crippen LogP contribution >= 0.6 is 0 Å². The first-order valence-electron chi connectivity index (χ1n) is 8.43. The number of primary amides is 1. The van der Waals surface area contributed by atoms with Gasteiger partial charge in [-0.05, 0) is 12.8 Å². The van der Waals surface area contributed by atoms with E-state index in [0.717, 1.165) is 31.2 Å². The summed E-state index contributed by atoms with van der Waals surface area (Å²) in [5, 5.41) is 1.89. The number of hydrogen-bond acceptors (Lipinski definition) is 5. The fourth-order valence-corrected chi connectivity index (χ4v) is 4.65. The molecule has 2 aliphatic heterocycles. The van der Waals surface area contributed by atoms with E-state index in [1.165, 1.54) is 6.26 Å². The molecule has 2 N–H and O–H groups in total. The van der Waals surface area contributed by atoms with E-state index >= 15 is 0 Å². The van der Waals surface area contributed by atoms with Crippen molar-refractivity contribution in [3.8, 4) is 0 Å². The molecule has 1 spiro atoms. The topological polar surface area (TPSA) is 96.8 Å². The molecule has 128 valence electrons. The second-order valence-electron chi connectivity index (χ2n) is 6.93. The SMILES string of the molecule is CS(=O)c1ncc2c(n1)N(C1CCCC1)C(=O)C1(CC[NH2+]C1=O)C2. The Morgan fingerprint density at radius 2 is 2.08 bits per heavy atom. The highest BCUT2D eigenvalue weighted by Gasteiger charge is 2.59. The predicted octanol–water partition coefficient (Wildman–Crippen LogP) is -0.474. The Bertz CT molecular complexity index is 747. The van der Waals surface area contributed by atoms with Gasteiger partial charge in [-0.25, -0.2) is 14.8 Å². The van der Waals surface area contributed by atoms with Crippen LogP contribution in [0, 0.1) is 5.41 Å². The molecule has 4 rings (SSSR count). The normalized spacial score (nSPS) is 28.6. The number of quaternary nitrogens is 1. The van der Waals surface area contributed by atoms with Crippen molar-refractivity contribution in [3.63, 3.8) is 0 Å². The summed E-state index contributed by atoms with van der Waals surface area (Å²) in [4.78, 5) is 36.2. The van der Waals surface area contributed by atoms with E-state index < -0.39 is 16.2 Å². The highest BCUT2D eigenvalue weighted by Crippen LogP contribution is 2.42. The third-order valence-corrected chi connectivity index (χ3v) is 6.20. The largest absolute Gasteiger partial charge is 0.326 e. The van der Waals surface area contributed by atoms with Gasteiger partial charge in [-0.3, -0.25) is 19.2 Å². The van der Waals surface area contributed by atoms with Gasteiger partial charge in [0.25, 0.3) is 0 Å². The highest BCUT2D eigenvalue weighted by molar-refractivity contribution is 7.84. The summed E-state index contributed by atoms with van der Waals surface area (Å²) in [7, 11) is -1.31. The van der Waals surface area contributed by atoms with Gasteiger partial charge in [-0.15, -0.1) is 0 Å². The fraction of sp³-hybridized carbons (Fsp3) is 0.625. The zero-order valence-electron chi connectivity index (χ0n) is 13.7. The molecule has 1 saturated carbocycles. The van der Waals surface area contributed by atoms with Gasteiger partial charge in [-0.1, -0.05) is 12.8 Å². The standard InChI is InChI=1S/C16H20N4O3S/c1-24(23)15-18-9-10-8-16(6-7-17-13(16)21)14(22)20(12(10)19-15)11-4-2-3-5-11/h9,11H,2-8H2,1H3,(H,17,21)/p+1. The van der Waals surface area contributed by atoms with E-state index in [2.05, 4.69) is 9.97 Å². The average Bonchev–Trinajstić information content (AvgIpc) is 3.19. The number of fused-ring (bicyclic) bond motifs is 1. The number of carbonyl (C=O) groups excluding carboxylic acids is 2. The summed E-state index contributed by atoms with van der Waals surface area (Å²) < 4.78 is 11.8. The number of hydrogen-bond donors (Lipinski definition) is 1. The minimum Gasteiger partial charge on any atom is -0.292 e. The van der Waals surface area contributed by atoms with Crippen molar-refractivity contribution in [1.29, 1.82) is 0 Å². The number of anilines is 1. The third-order valence-electron chi connectivity index (χ3n) is 5.49. The van der Waals surface area contributed by atoms with Gasteiger partial charge in [0, 0.05) is 36.9 Å². The summed E-state index contributed by atoms with van der Waals surface area (Å²) in [6, 6.07) is 0.0786. The first-order valence-corrected chi connectivity index (χ1v) is 9.99. The average molecular weight is 349 g/mol. The summed E-state index contributed by atoms with van der Waals surface area (Å²) >= 11 is 0. The molecule has 7 nitrogen and oxygen atoms in total. The van der Waals surface area contributed by atoms with Gasteiger partial charge in [0.15, 0.2) is 5.41 Å². The summed E-state index contributed by atoms with van der Waals surface area (Å²) in [5.41, 5.74) is -0.148. The van der Waals surface area contributed by atoms with Gasteiger partial charge in [-0.2, -0.15) is 0 Å². The number of nitrogens with zero attached hydrogens (tertiary/aromatic N) is 3. The van der Waals surface area contributed by atoms with Crippen LogP contribution in [-0.2, 0) is 26.8 Å². The van der Waals surface area contributed by atoms with Crippen molar-refractivity contribution in [3.05, 3.63) is 11.8 Å². The number of amides is 2. The molecule has 2 atom stereocenters. The lowest BCUT2D eigenvalue weighted by Crippen LogP contribution is -2.87. The van der Waals surface area contributed by atoms with Crippen molar-refractivity contribution in [1.82, 2.24) is 9.97 Å². The molecule has 3 heterocycles. The number of rotatable bonds is 2. The molecular formula is C16H21N4O3S+. The Morgan fingerprint density at radius 1 is 1.33 bits per heavy atom. The molecule has 0 radical (unpaired) electrons. The Hall–Kier alpha value is -1.67. The van der Waals surface area contributed by atoms with Crippen LogP contribution in [-0.4, -0.2) is 44.8 Å². The van der Waals surface area contributed by atoms with E-state index in [0.29, 0.717) is 25.2 Å². The van der Waals surface area contributed by atoms with Gasteiger partial charge >= 0.3 is 5.91 Å². The van der Waals surface area contributed by atoms with Gasteiger partial charge in [0.1, 0.15) is 5.82 Å². The predicted molar refractivity (Wildman–Crippen MR) is 86.7 cm³/mol. The van der Waals surface area contributed by atoms with E-state index in [1.807, 2.05) is 0 Å². The van der Waals surface area contributed by atoms with Crippen molar-refractivity contribution < 1.29 is 19.1 Å². The Kier molecular flexibility index (Phi) is 3.76. The lowest BCUT2D eigenvalue weighted by Gasteiger charge is -2.39. The Balaban J connectivity index is 1.86. The molecule has 0 aromatic carbocycles. The quantitative estimate of drug-likeness (QED) is 0.575. The van der Waals surface area contributed by atoms with Crippen molar-refractivity contribution >= 4 is 28.4 Å². The van der Waals surface area contributed by atoms with Crippen LogP contribution in [0.25, 0.3) is 0 Å². The Labute approximate surface area is 142 Å². The zero-order valence-corrected chi connectivity index (χ0v) is 14.5. The molecule has 24 heavy (non-hydrogen) atoms. The molecule has 1 saturated heterocycles. The molecule has 0 bridgehead atoms. The Morgan fingerprint density at radius 3 is 2.71 bits per heavy atom. The van der Waals surface area contributed by atoms with Crippen molar-refractivity contribution in [2.24, 2.45) is 5.41 Å². The van der Waals surface area contributed by atoms with Crippen LogP contribution in [0.5, 0.6) is 0 Å². The van der Waals surface area contributed by atoms with Gasteiger partial charge < -0.3 is 0 Å². The molecule has 2 amide bonds. The zero-order chi connectivity index (χ0) is 16.9. The van der Waals surface area contributed by atoms with Crippen LogP contribution in [0.15, 0.2) is 11.4 Å². The van der Waals surface area contributed by atoms with Crippen molar-refractivity contribution in [2.45, 2.75) is 49.7 Å². The van der Waals surface area contributed by atoms with Crippen LogP contribution in [0.4, 0.5) is 5.82 Å². The molecule has 2 unspecified atom stereocenters. The molecule has 2 fully saturated rings. The van der Waals surface area contributed by atoms with E-state index in [4.69, 9.17) is 0 Å². The second-order valence-corrected chi connectivity index (χ2v) is 8.21. The second kappa shape index (κ2) is 5.70. The molecule has 1 aromatic heterocycles. The summed E-state index contributed by atoms with van der Waals surface area (Å²) in [6.07, 6.45) is 8.11. The minimum absolute atomic E-state index is 0.0655. The van der Waals surface area contributed by atoms with Gasteiger partial charge in [0.2, 0.25) is 11.1 Å². The van der Waals surface area contributed by atoms with Crippen LogP contribution in [0.2, 0.25) is 0 Å². The number of carbonyl (C=O) groups is 2. The first kappa shape index (κ1) is 15.8. The first-order chi connectivity index (χ1) is 11.5. The maximum Gasteiger partial charge on any atom is 0.326 e. The maximum atomic E-state index is 13.3. The van der Waals surface area contributed by atoms with Crippen LogP contribution < -0.4 is 10.2 Å². The molecule has 3 aliphatic rings. The number of nitrogens with two attached hydrogens (primary N) is 1. The lowest BCUT2D eigenvalue weighted by atomic mass is 9.76. The molecule has 8 heteroatoms. The van der Waals surface area contributed by atoms with Gasteiger partial charge in [0.05, 0.1) is 17.3 Å². The smallest absolute Gasteiger partial charge is 0.292 e. The molecule has 1 aromatic rings. The van der Waals surface area contributed by atoms with Crippen LogP contribution in [0.1, 0.15) is 37.7 Å². The molecule has 1 aliphatic carbocycles. The summed E-state index contributed by atoms with van der Waals surface area (Å²) in [5.74, 6) is 0.383. The van der Waals surface area contributed by atoms with E-state index in [-0.39, 0.29) is 23.0 Å². The highest BCUT2D eigenvalue weighted by atomic mass is 32.2. The van der Waals surface area contributed by atoms with E-state index in [9.17, 15) is 13.8 Å².